The monoisotopic (exact) mass is 494 g/mol. The van der Waals surface area contributed by atoms with Crippen LogP contribution in [-0.2, 0) is 19.6 Å². The Morgan fingerprint density at radius 2 is 1.94 bits per heavy atom. The van der Waals surface area contributed by atoms with E-state index in [0.29, 0.717) is 40.7 Å². The van der Waals surface area contributed by atoms with Gasteiger partial charge in [-0.25, -0.2) is 0 Å². The molecule has 0 spiro atoms. The summed E-state index contributed by atoms with van der Waals surface area (Å²) in [4.78, 5) is 28.7. The molecule has 2 heterocycles. The predicted molar refractivity (Wildman–Crippen MR) is 123 cm³/mol. The Hall–Kier alpha value is -2.62. The minimum Gasteiger partial charge on any atom is -0.343 e. The van der Waals surface area contributed by atoms with E-state index in [0.717, 1.165) is 0 Å². The molecule has 0 radical (unpaired) electrons. The van der Waals surface area contributed by atoms with Crippen molar-refractivity contribution in [2.24, 2.45) is 4.40 Å². The average molecular weight is 495 g/mol. The number of hydrogen-bond acceptors (Lipinski definition) is 5. The lowest BCUT2D eigenvalue weighted by molar-refractivity contribution is -0.136. The van der Waals surface area contributed by atoms with Gasteiger partial charge in [-0.15, -0.1) is 4.40 Å². The number of likely N-dealkylation sites (N-methyl/N-ethyl adjacent to an activating group) is 1. The Labute approximate surface area is 195 Å². The van der Waals surface area contributed by atoms with Crippen LogP contribution in [0.1, 0.15) is 18.4 Å². The zero-order chi connectivity index (χ0) is 23.0. The van der Waals surface area contributed by atoms with Crippen LogP contribution in [0.15, 0.2) is 51.8 Å². The number of likely N-dealkylation sites (tertiary alicyclic amines) is 1. The Morgan fingerprint density at radius 1 is 1.19 bits per heavy atom. The summed E-state index contributed by atoms with van der Waals surface area (Å²) in [7, 11) is -2.25. The zero-order valence-electron chi connectivity index (χ0n) is 17.1. The fraction of sp³-hybridized carbons (Fsp3) is 0.286. The summed E-state index contributed by atoms with van der Waals surface area (Å²) < 4.78 is 28.8. The van der Waals surface area contributed by atoms with Crippen molar-refractivity contribution in [2.45, 2.75) is 23.8 Å². The van der Waals surface area contributed by atoms with Gasteiger partial charge < -0.3 is 15.1 Å². The maximum Gasteiger partial charge on any atom is 0.285 e. The van der Waals surface area contributed by atoms with Gasteiger partial charge in [0.05, 0.1) is 16.6 Å². The normalized spacial score (nSPS) is 18.8. The van der Waals surface area contributed by atoms with Crippen LogP contribution in [0.3, 0.4) is 0 Å². The van der Waals surface area contributed by atoms with Crippen molar-refractivity contribution in [2.75, 3.05) is 25.5 Å². The second kappa shape index (κ2) is 8.73. The van der Waals surface area contributed by atoms with Crippen molar-refractivity contribution in [1.29, 1.82) is 0 Å². The quantitative estimate of drug-likeness (QED) is 0.703. The van der Waals surface area contributed by atoms with E-state index in [2.05, 4.69) is 9.71 Å². The maximum atomic E-state index is 13.1. The van der Waals surface area contributed by atoms with Crippen molar-refractivity contribution >= 4 is 56.6 Å². The van der Waals surface area contributed by atoms with Crippen LogP contribution in [0.2, 0.25) is 10.0 Å². The number of hydrogen-bond donors (Lipinski definition) is 1. The van der Waals surface area contributed by atoms with Crippen LogP contribution in [0.25, 0.3) is 0 Å². The van der Waals surface area contributed by atoms with Gasteiger partial charge in [-0.05, 0) is 43.2 Å². The minimum absolute atomic E-state index is 0.141. The molecule has 2 aromatic carbocycles. The highest BCUT2D eigenvalue weighted by molar-refractivity contribution is 7.90. The van der Waals surface area contributed by atoms with Crippen LogP contribution in [-0.4, -0.2) is 62.0 Å². The van der Waals surface area contributed by atoms with Crippen LogP contribution >= 0.6 is 23.2 Å². The van der Waals surface area contributed by atoms with Gasteiger partial charge in [0, 0.05) is 24.8 Å². The SMILES string of the molecule is CN(CC(=O)Nc1ccc(Cl)c(Cl)c1)C(=O)[C@@H]1CCCN1C1=NS(=O)(=O)c2ccccc21. The summed E-state index contributed by atoms with van der Waals surface area (Å²) in [6.45, 7) is 0.327. The van der Waals surface area contributed by atoms with E-state index >= 15 is 0 Å². The number of benzene rings is 2. The Kier molecular flexibility index (Phi) is 6.15. The van der Waals surface area contributed by atoms with Crippen LogP contribution < -0.4 is 5.32 Å². The number of nitrogens with one attached hydrogen (secondary N) is 1. The molecule has 1 fully saturated rings. The Morgan fingerprint density at radius 3 is 2.69 bits per heavy atom. The summed E-state index contributed by atoms with van der Waals surface area (Å²) in [5.74, 6) is -0.392. The topological polar surface area (TPSA) is 99.2 Å². The van der Waals surface area contributed by atoms with Crippen molar-refractivity contribution in [3.8, 4) is 0 Å². The molecule has 2 aromatic rings. The second-order valence-electron chi connectivity index (χ2n) is 7.61. The van der Waals surface area contributed by atoms with E-state index in [1.165, 1.54) is 24.1 Å². The molecule has 0 aliphatic carbocycles. The smallest absolute Gasteiger partial charge is 0.285 e. The molecule has 1 saturated heterocycles. The molecule has 168 valence electrons. The summed E-state index contributed by atoms with van der Waals surface area (Å²) in [6, 6.07) is 10.7. The third-order valence-corrected chi connectivity index (χ3v) is 7.45. The molecule has 0 unspecified atom stereocenters. The van der Waals surface area contributed by atoms with E-state index in [-0.39, 0.29) is 23.2 Å². The Bertz CT molecular complexity index is 1230. The summed E-state index contributed by atoms with van der Waals surface area (Å²) in [6.07, 6.45) is 1.25. The molecular weight excluding hydrogens is 475 g/mol. The number of nitrogens with zero attached hydrogens (tertiary/aromatic N) is 3. The van der Waals surface area contributed by atoms with Gasteiger partial charge in [0.25, 0.3) is 10.0 Å². The first kappa shape index (κ1) is 22.6. The number of amidine groups is 1. The third-order valence-electron chi connectivity index (χ3n) is 5.38. The number of amides is 2. The largest absolute Gasteiger partial charge is 0.343 e. The second-order valence-corrected chi connectivity index (χ2v) is 10.00. The van der Waals surface area contributed by atoms with Crippen molar-refractivity contribution < 1.29 is 18.0 Å². The van der Waals surface area contributed by atoms with E-state index < -0.39 is 22.0 Å². The summed E-state index contributed by atoms with van der Waals surface area (Å²) >= 11 is 11.8. The lowest BCUT2D eigenvalue weighted by Gasteiger charge is -2.29. The molecule has 4 rings (SSSR count). The molecule has 2 aliphatic rings. The molecule has 0 saturated carbocycles. The van der Waals surface area contributed by atoms with E-state index in [1.54, 1.807) is 35.2 Å². The van der Waals surface area contributed by atoms with Gasteiger partial charge >= 0.3 is 0 Å². The van der Waals surface area contributed by atoms with Crippen LogP contribution in [0.5, 0.6) is 0 Å². The molecule has 2 amide bonds. The predicted octanol–water partition coefficient (Wildman–Crippen LogP) is 3.00. The highest BCUT2D eigenvalue weighted by Crippen LogP contribution is 2.31. The number of halogens is 2. The fourth-order valence-corrected chi connectivity index (χ4v) is 5.41. The van der Waals surface area contributed by atoms with Gasteiger partial charge in [0.1, 0.15) is 10.9 Å². The van der Waals surface area contributed by atoms with Gasteiger partial charge in [-0.2, -0.15) is 8.42 Å². The first-order chi connectivity index (χ1) is 15.2. The first-order valence-electron chi connectivity index (χ1n) is 9.88. The van der Waals surface area contributed by atoms with Crippen LogP contribution in [0, 0.1) is 0 Å². The highest BCUT2D eigenvalue weighted by Gasteiger charge is 2.40. The lowest BCUT2D eigenvalue weighted by Crippen LogP contribution is -2.48. The molecule has 11 heteroatoms. The number of fused-ring (bicyclic) bond motifs is 1. The minimum atomic E-state index is -3.78. The summed E-state index contributed by atoms with van der Waals surface area (Å²) in [5.41, 5.74) is 0.960. The average Bonchev–Trinajstić information content (AvgIpc) is 3.33. The molecule has 2 aliphatic heterocycles. The maximum absolute atomic E-state index is 13.1. The van der Waals surface area contributed by atoms with Gasteiger partial charge in [-0.1, -0.05) is 35.3 Å². The molecule has 32 heavy (non-hydrogen) atoms. The van der Waals surface area contributed by atoms with Crippen molar-refractivity contribution in [1.82, 2.24) is 9.80 Å². The molecule has 1 atom stereocenters. The van der Waals surface area contributed by atoms with Gasteiger partial charge in [0.2, 0.25) is 11.8 Å². The number of sulfonamides is 1. The van der Waals surface area contributed by atoms with Gasteiger partial charge in [0.15, 0.2) is 5.84 Å². The van der Waals surface area contributed by atoms with Gasteiger partial charge in [-0.3, -0.25) is 9.59 Å². The number of anilines is 1. The molecule has 0 aromatic heterocycles. The molecule has 0 bridgehead atoms. The first-order valence-corrected chi connectivity index (χ1v) is 12.1. The van der Waals surface area contributed by atoms with E-state index in [9.17, 15) is 18.0 Å². The zero-order valence-corrected chi connectivity index (χ0v) is 19.4. The van der Waals surface area contributed by atoms with E-state index in [1.807, 2.05) is 0 Å². The standard InChI is InChI=1S/C21H20Cl2N4O4S/c1-26(12-19(28)24-13-8-9-15(22)16(23)11-13)21(29)17-6-4-10-27(17)20-14-5-2-3-7-18(14)32(30,31)25-20/h2-3,5,7-9,11,17H,4,6,10,12H2,1H3,(H,24,28)/t17-/m0/s1. The molecular formula is C21H20Cl2N4O4S. The van der Waals surface area contributed by atoms with Crippen LogP contribution in [0.4, 0.5) is 5.69 Å². The number of carbonyl (C=O) groups excluding carboxylic acids is 2. The van der Waals surface area contributed by atoms with Crippen molar-refractivity contribution in [3.63, 3.8) is 0 Å². The lowest BCUT2D eigenvalue weighted by atomic mass is 10.1. The molecule has 1 N–H and O–H groups in total. The fourth-order valence-electron chi connectivity index (χ4n) is 3.89. The Balaban J connectivity index is 1.47. The van der Waals surface area contributed by atoms with E-state index in [4.69, 9.17) is 23.2 Å². The number of carbonyl (C=O) groups is 2. The number of rotatable bonds is 4. The third kappa shape index (κ3) is 4.32. The summed E-state index contributed by atoms with van der Waals surface area (Å²) in [5, 5.41) is 3.36. The van der Waals surface area contributed by atoms with Crippen molar-refractivity contribution in [3.05, 3.63) is 58.1 Å². The molecule has 8 nitrogen and oxygen atoms in total. The highest BCUT2D eigenvalue weighted by atomic mass is 35.5.